The minimum Gasteiger partial charge on any atom is -0.406 e. The summed E-state index contributed by atoms with van der Waals surface area (Å²) < 4.78 is 40.5. The SMILES string of the molecule is CN(C(=O)CCNC(=O)C(C)(C)C)c1cccc(OC(F)(F)F)c1. The molecule has 0 aliphatic carbocycles. The summed E-state index contributed by atoms with van der Waals surface area (Å²) in [6, 6.07) is 5.13. The monoisotopic (exact) mass is 346 g/mol. The molecule has 0 atom stereocenters. The zero-order valence-electron chi connectivity index (χ0n) is 14.0. The highest BCUT2D eigenvalue weighted by Gasteiger charge is 2.31. The summed E-state index contributed by atoms with van der Waals surface area (Å²) in [4.78, 5) is 25.0. The van der Waals surface area contributed by atoms with Gasteiger partial charge in [-0.2, -0.15) is 0 Å². The Balaban J connectivity index is 2.63. The van der Waals surface area contributed by atoms with Crippen molar-refractivity contribution in [2.24, 2.45) is 5.41 Å². The first-order valence-electron chi connectivity index (χ1n) is 7.31. The number of rotatable bonds is 5. The minimum atomic E-state index is -4.79. The van der Waals surface area contributed by atoms with Gasteiger partial charge < -0.3 is 15.0 Å². The molecule has 0 unspecified atom stereocenters. The second-order valence-corrected chi connectivity index (χ2v) is 6.25. The lowest BCUT2D eigenvalue weighted by Gasteiger charge is -2.20. The van der Waals surface area contributed by atoms with Gasteiger partial charge in [0.1, 0.15) is 5.75 Å². The van der Waals surface area contributed by atoms with E-state index < -0.39 is 17.5 Å². The Morgan fingerprint density at radius 2 is 1.83 bits per heavy atom. The molecule has 0 spiro atoms. The number of benzene rings is 1. The zero-order valence-corrected chi connectivity index (χ0v) is 14.0. The predicted octanol–water partition coefficient (Wildman–Crippen LogP) is 3.10. The van der Waals surface area contributed by atoms with Crippen LogP contribution in [0.1, 0.15) is 27.2 Å². The average Bonchev–Trinajstić information content (AvgIpc) is 2.43. The number of carbonyl (C=O) groups is 2. The molecule has 0 aromatic heterocycles. The molecular weight excluding hydrogens is 325 g/mol. The number of halogens is 3. The highest BCUT2D eigenvalue weighted by atomic mass is 19.4. The Morgan fingerprint density at radius 1 is 1.21 bits per heavy atom. The maximum absolute atomic E-state index is 12.2. The van der Waals surface area contributed by atoms with E-state index in [1.54, 1.807) is 20.8 Å². The van der Waals surface area contributed by atoms with Gasteiger partial charge in [-0.3, -0.25) is 9.59 Å². The van der Waals surface area contributed by atoms with Crippen LogP contribution in [0.25, 0.3) is 0 Å². The number of hydrogen-bond acceptors (Lipinski definition) is 3. The molecule has 134 valence electrons. The smallest absolute Gasteiger partial charge is 0.406 e. The molecule has 1 rings (SSSR count). The average molecular weight is 346 g/mol. The van der Waals surface area contributed by atoms with Crippen molar-refractivity contribution in [3.8, 4) is 5.75 Å². The normalized spacial score (nSPS) is 11.8. The molecular formula is C16H21F3N2O3. The van der Waals surface area contributed by atoms with Crippen LogP contribution in [0.5, 0.6) is 5.75 Å². The number of hydrogen-bond donors (Lipinski definition) is 1. The molecule has 1 aromatic carbocycles. The molecule has 24 heavy (non-hydrogen) atoms. The molecule has 2 amide bonds. The quantitative estimate of drug-likeness (QED) is 0.891. The Labute approximate surface area is 138 Å². The van der Waals surface area contributed by atoms with E-state index in [0.717, 1.165) is 12.1 Å². The summed E-state index contributed by atoms with van der Waals surface area (Å²) in [5, 5.41) is 2.64. The van der Waals surface area contributed by atoms with E-state index in [9.17, 15) is 22.8 Å². The summed E-state index contributed by atoms with van der Waals surface area (Å²) in [7, 11) is 1.45. The first-order valence-corrected chi connectivity index (χ1v) is 7.31. The lowest BCUT2D eigenvalue weighted by molar-refractivity contribution is -0.274. The number of amides is 2. The van der Waals surface area contributed by atoms with Gasteiger partial charge in [0, 0.05) is 37.2 Å². The highest BCUT2D eigenvalue weighted by molar-refractivity contribution is 5.93. The molecule has 0 bridgehead atoms. The molecule has 0 heterocycles. The largest absolute Gasteiger partial charge is 0.573 e. The molecule has 0 fully saturated rings. The molecule has 0 saturated heterocycles. The first kappa shape index (κ1) is 19.8. The van der Waals surface area contributed by atoms with E-state index in [2.05, 4.69) is 10.1 Å². The standard InChI is InChI=1S/C16H21F3N2O3/c1-15(2,3)14(23)20-9-8-13(22)21(4)11-6-5-7-12(10-11)24-16(17,18)19/h5-7,10H,8-9H2,1-4H3,(H,20,23). The van der Waals surface area contributed by atoms with Gasteiger partial charge in [-0.1, -0.05) is 26.8 Å². The summed E-state index contributed by atoms with van der Waals surface area (Å²) >= 11 is 0. The Hall–Kier alpha value is -2.25. The Morgan fingerprint density at radius 3 is 2.38 bits per heavy atom. The lowest BCUT2D eigenvalue weighted by atomic mass is 9.96. The third-order valence-corrected chi connectivity index (χ3v) is 3.12. The van der Waals surface area contributed by atoms with Crippen molar-refractivity contribution >= 4 is 17.5 Å². The van der Waals surface area contributed by atoms with Crippen molar-refractivity contribution < 1.29 is 27.5 Å². The first-order chi connectivity index (χ1) is 10.9. The van der Waals surface area contributed by atoms with E-state index in [1.807, 2.05) is 0 Å². The number of nitrogens with zero attached hydrogens (tertiary/aromatic N) is 1. The van der Waals surface area contributed by atoms with Gasteiger partial charge in [0.05, 0.1) is 0 Å². The van der Waals surface area contributed by atoms with Crippen LogP contribution in [0.3, 0.4) is 0 Å². The second kappa shape index (κ2) is 7.55. The van der Waals surface area contributed by atoms with Crippen LogP contribution in [0.2, 0.25) is 0 Å². The molecule has 1 aromatic rings. The van der Waals surface area contributed by atoms with E-state index in [1.165, 1.54) is 24.1 Å². The number of anilines is 1. The molecule has 1 N–H and O–H groups in total. The summed E-state index contributed by atoms with van der Waals surface area (Å²) in [5.41, 5.74) is -0.290. The number of carbonyl (C=O) groups excluding carboxylic acids is 2. The topological polar surface area (TPSA) is 58.6 Å². The Bertz CT molecular complexity index is 595. The molecule has 5 nitrogen and oxygen atoms in total. The molecule has 0 aliphatic heterocycles. The third kappa shape index (κ3) is 6.47. The van der Waals surface area contributed by atoms with E-state index in [-0.39, 0.29) is 30.5 Å². The van der Waals surface area contributed by atoms with Crippen molar-refractivity contribution in [2.45, 2.75) is 33.6 Å². The van der Waals surface area contributed by atoms with Crippen molar-refractivity contribution in [2.75, 3.05) is 18.5 Å². The second-order valence-electron chi connectivity index (χ2n) is 6.25. The van der Waals surface area contributed by atoms with Crippen LogP contribution in [-0.4, -0.2) is 31.8 Å². The third-order valence-electron chi connectivity index (χ3n) is 3.12. The molecule has 8 heteroatoms. The van der Waals surface area contributed by atoms with Crippen LogP contribution < -0.4 is 15.0 Å². The van der Waals surface area contributed by atoms with E-state index >= 15 is 0 Å². The van der Waals surface area contributed by atoms with Gasteiger partial charge in [-0.15, -0.1) is 13.2 Å². The van der Waals surface area contributed by atoms with Gasteiger partial charge in [0.25, 0.3) is 0 Å². The van der Waals surface area contributed by atoms with Crippen LogP contribution in [0.15, 0.2) is 24.3 Å². The van der Waals surface area contributed by atoms with Crippen LogP contribution in [0, 0.1) is 5.41 Å². The molecule has 0 saturated carbocycles. The molecule has 0 radical (unpaired) electrons. The van der Waals surface area contributed by atoms with Crippen LogP contribution >= 0.6 is 0 Å². The van der Waals surface area contributed by atoms with Gasteiger partial charge in [-0.05, 0) is 12.1 Å². The van der Waals surface area contributed by atoms with Crippen molar-refractivity contribution in [1.29, 1.82) is 0 Å². The fourth-order valence-electron chi connectivity index (χ4n) is 1.75. The number of alkyl halides is 3. The van der Waals surface area contributed by atoms with Crippen LogP contribution in [0.4, 0.5) is 18.9 Å². The summed E-state index contributed by atoms with van der Waals surface area (Å²) in [6.07, 6.45) is -4.76. The van der Waals surface area contributed by atoms with Crippen molar-refractivity contribution in [1.82, 2.24) is 5.32 Å². The minimum absolute atomic E-state index is 0.0304. The summed E-state index contributed by atoms with van der Waals surface area (Å²) in [5.74, 6) is -0.924. The van der Waals surface area contributed by atoms with E-state index in [0.29, 0.717) is 0 Å². The lowest BCUT2D eigenvalue weighted by Crippen LogP contribution is -2.37. The number of nitrogens with one attached hydrogen (secondary N) is 1. The van der Waals surface area contributed by atoms with Gasteiger partial charge in [0.15, 0.2) is 0 Å². The zero-order chi connectivity index (χ0) is 18.5. The van der Waals surface area contributed by atoms with Crippen LogP contribution in [-0.2, 0) is 9.59 Å². The summed E-state index contributed by atoms with van der Waals surface area (Å²) in [6.45, 7) is 5.41. The maximum atomic E-state index is 12.2. The fourth-order valence-corrected chi connectivity index (χ4v) is 1.75. The van der Waals surface area contributed by atoms with Gasteiger partial charge in [-0.25, -0.2) is 0 Å². The maximum Gasteiger partial charge on any atom is 0.573 e. The predicted molar refractivity (Wildman–Crippen MR) is 83.6 cm³/mol. The van der Waals surface area contributed by atoms with Crippen molar-refractivity contribution in [3.63, 3.8) is 0 Å². The fraction of sp³-hybridized carbons (Fsp3) is 0.500. The van der Waals surface area contributed by atoms with E-state index in [4.69, 9.17) is 0 Å². The Kier molecular flexibility index (Phi) is 6.22. The van der Waals surface area contributed by atoms with Crippen molar-refractivity contribution in [3.05, 3.63) is 24.3 Å². The number of ether oxygens (including phenoxy) is 1. The van der Waals surface area contributed by atoms with Gasteiger partial charge >= 0.3 is 6.36 Å². The van der Waals surface area contributed by atoms with Gasteiger partial charge in [0.2, 0.25) is 11.8 Å². The highest BCUT2D eigenvalue weighted by Crippen LogP contribution is 2.26. The molecule has 0 aliphatic rings.